The first-order valence-electron chi connectivity index (χ1n) is 6.78. The number of benzene rings is 1. The van der Waals surface area contributed by atoms with E-state index in [-0.39, 0.29) is 11.3 Å². The normalized spacial score (nSPS) is 10.3. The van der Waals surface area contributed by atoms with Crippen LogP contribution in [0.1, 0.15) is 45.1 Å². The molecule has 0 spiro atoms. The van der Waals surface area contributed by atoms with Gasteiger partial charge in [-0.2, -0.15) is 5.26 Å². The summed E-state index contributed by atoms with van der Waals surface area (Å²) in [6.45, 7) is 5.36. The summed E-state index contributed by atoms with van der Waals surface area (Å²) in [5.41, 5.74) is 0.0191. The van der Waals surface area contributed by atoms with Gasteiger partial charge in [-0.25, -0.2) is 8.78 Å². The molecule has 1 aromatic rings. The third-order valence-corrected chi connectivity index (χ3v) is 3.03. The van der Waals surface area contributed by atoms with Crippen molar-refractivity contribution in [3.05, 3.63) is 29.3 Å². The summed E-state index contributed by atoms with van der Waals surface area (Å²) in [5.74, 6) is -1.30. The summed E-state index contributed by atoms with van der Waals surface area (Å²) in [4.78, 5) is 1.75. The highest BCUT2D eigenvalue weighted by atomic mass is 19.1. The van der Waals surface area contributed by atoms with E-state index in [1.54, 1.807) is 11.0 Å². The fourth-order valence-electron chi connectivity index (χ4n) is 1.97. The molecule has 1 aromatic carbocycles. The quantitative estimate of drug-likeness (QED) is 0.738. The number of unbranched alkanes of at least 4 members (excludes halogenated alkanes) is 2. The monoisotopic (exact) mass is 266 g/mol. The molecule has 0 aromatic heterocycles. The first kappa shape index (κ1) is 15.4. The maximum atomic E-state index is 14.0. The van der Waals surface area contributed by atoms with Crippen molar-refractivity contribution in [3.63, 3.8) is 0 Å². The number of anilines is 1. The minimum absolute atomic E-state index is 0.000833. The predicted octanol–water partition coefficient (Wildman–Crippen LogP) is 4.24. The van der Waals surface area contributed by atoms with Crippen LogP contribution in [0.2, 0.25) is 0 Å². The second kappa shape index (κ2) is 7.73. The Balaban J connectivity index is 3.03. The van der Waals surface area contributed by atoms with Crippen LogP contribution in [0.4, 0.5) is 14.5 Å². The molecule has 1 rings (SSSR count). The van der Waals surface area contributed by atoms with Gasteiger partial charge in [-0.05, 0) is 25.0 Å². The summed E-state index contributed by atoms with van der Waals surface area (Å²) in [7, 11) is 0. The standard InChI is InChI=1S/C15H20F2N2/c1-3-5-7-19(8-6-4-2)15-13(16)9-12(11-18)10-14(15)17/h9-10H,3-8H2,1-2H3. The number of hydrogen-bond acceptors (Lipinski definition) is 2. The van der Waals surface area contributed by atoms with Crippen molar-refractivity contribution >= 4 is 5.69 Å². The first-order valence-corrected chi connectivity index (χ1v) is 6.78. The summed E-state index contributed by atoms with van der Waals surface area (Å²) >= 11 is 0. The Morgan fingerprint density at radius 3 is 1.89 bits per heavy atom. The summed E-state index contributed by atoms with van der Waals surface area (Å²) in [6, 6.07) is 3.96. The molecule has 0 heterocycles. The van der Waals surface area contributed by atoms with Crippen LogP contribution >= 0.6 is 0 Å². The van der Waals surface area contributed by atoms with Crippen LogP contribution in [0, 0.1) is 23.0 Å². The molecule has 0 aliphatic rings. The number of halogens is 2. The van der Waals surface area contributed by atoms with Crippen LogP contribution in [0.25, 0.3) is 0 Å². The van der Waals surface area contributed by atoms with E-state index in [0.717, 1.165) is 37.8 Å². The van der Waals surface area contributed by atoms with Crippen molar-refractivity contribution in [2.45, 2.75) is 39.5 Å². The van der Waals surface area contributed by atoms with Crippen molar-refractivity contribution in [2.24, 2.45) is 0 Å². The Labute approximate surface area is 113 Å². The zero-order valence-electron chi connectivity index (χ0n) is 11.5. The van der Waals surface area contributed by atoms with Gasteiger partial charge in [0, 0.05) is 13.1 Å². The highest BCUT2D eigenvalue weighted by molar-refractivity contribution is 5.52. The maximum absolute atomic E-state index is 14.0. The lowest BCUT2D eigenvalue weighted by atomic mass is 10.1. The number of nitriles is 1. The first-order chi connectivity index (χ1) is 9.13. The molecule has 0 aliphatic heterocycles. The second-order valence-electron chi connectivity index (χ2n) is 4.59. The Kier molecular flexibility index (Phi) is 6.27. The minimum atomic E-state index is -0.649. The van der Waals surface area contributed by atoms with Gasteiger partial charge >= 0.3 is 0 Å². The molecular weight excluding hydrogens is 246 g/mol. The topological polar surface area (TPSA) is 27.0 Å². The molecule has 19 heavy (non-hydrogen) atoms. The lowest BCUT2D eigenvalue weighted by molar-refractivity contribution is 0.560. The Morgan fingerprint density at radius 1 is 1.05 bits per heavy atom. The maximum Gasteiger partial charge on any atom is 0.150 e. The van der Waals surface area contributed by atoms with Crippen molar-refractivity contribution in [3.8, 4) is 6.07 Å². The van der Waals surface area contributed by atoms with E-state index in [1.807, 2.05) is 13.8 Å². The van der Waals surface area contributed by atoms with Crippen molar-refractivity contribution < 1.29 is 8.78 Å². The molecule has 0 fully saturated rings. The lowest BCUT2D eigenvalue weighted by Gasteiger charge is -2.25. The molecule has 2 nitrogen and oxygen atoms in total. The van der Waals surface area contributed by atoms with Gasteiger partial charge in [-0.15, -0.1) is 0 Å². The van der Waals surface area contributed by atoms with Crippen molar-refractivity contribution in [1.82, 2.24) is 0 Å². The minimum Gasteiger partial charge on any atom is -0.367 e. The van der Waals surface area contributed by atoms with E-state index >= 15 is 0 Å². The average molecular weight is 266 g/mol. The molecule has 0 N–H and O–H groups in total. The number of hydrogen-bond donors (Lipinski definition) is 0. The highest BCUT2D eigenvalue weighted by Crippen LogP contribution is 2.25. The van der Waals surface area contributed by atoms with Gasteiger partial charge in [-0.3, -0.25) is 0 Å². The summed E-state index contributed by atoms with van der Waals surface area (Å²) < 4.78 is 27.9. The SMILES string of the molecule is CCCCN(CCCC)c1c(F)cc(C#N)cc1F. The smallest absolute Gasteiger partial charge is 0.150 e. The zero-order valence-corrected chi connectivity index (χ0v) is 11.5. The predicted molar refractivity (Wildman–Crippen MR) is 73.1 cm³/mol. The van der Waals surface area contributed by atoms with Crippen LogP contribution in [0.15, 0.2) is 12.1 Å². The van der Waals surface area contributed by atoms with Gasteiger partial charge in [0.2, 0.25) is 0 Å². The van der Waals surface area contributed by atoms with Gasteiger partial charge in [0.1, 0.15) is 5.69 Å². The zero-order chi connectivity index (χ0) is 14.3. The summed E-state index contributed by atoms with van der Waals surface area (Å²) in [6.07, 6.45) is 3.73. The third-order valence-electron chi connectivity index (χ3n) is 3.03. The van der Waals surface area contributed by atoms with Gasteiger partial charge < -0.3 is 4.90 Å². The molecule has 0 amide bonds. The van der Waals surface area contributed by atoms with Gasteiger partial charge in [0.15, 0.2) is 11.6 Å². The fraction of sp³-hybridized carbons (Fsp3) is 0.533. The molecule has 0 saturated carbocycles. The lowest BCUT2D eigenvalue weighted by Crippen LogP contribution is -2.27. The highest BCUT2D eigenvalue weighted by Gasteiger charge is 2.17. The molecule has 0 saturated heterocycles. The number of rotatable bonds is 7. The van der Waals surface area contributed by atoms with E-state index in [4.69, 9.17) is 5.26 Å². The molecular formula is C15H20F2N2. The Bertz CT molecular complexity index is 421. The van der Waals surface area contributed by atoms with Crippen LogP contribution in [0.5, 0.6) is 0 Å². The van der Waals surface area contributed by atoms with Crippen molar-refractivity contribution in [2.75, 3.05) is 18.0 Å². The van der Waals surface area contributed by atoms with E-state index < -0.39 is 11.6 Å². The molecule has 104 valence electrons. The molecule has 4 heteroatoms. The average Bonchev–Trinajstić information content (AvgIpc) is 2.40. The molecule has 0 atom stereocenters. The number of nitrogens with zero attached hydrogens (tertiary/aromatic N) is 2. The van der Waals surface area contributed by atoms with Gasteiger partial charge in [0.25, 0.3) is 0 Å². The van der Waals surface area contributed by atoms with Crippen molar-refractivity contribution in [1.29, 1.82) is 5.26 Å². The van der Waals surface area contributed by atoms with Gasteiger partial charge in [-0.1, -0.05) is 26.7 Å². The molecule has 0 bridgehead atoms. The molecule has 0 aliphatic carbocycles. The van der Waals surface area contributed by atoms with E-state index in [2.05, 4.69) is 0 Å². The fourth-order valence-corrected chi connectivity index (χ4v) is 1.97. The van der Waals surface area contributed by atoms with E-state index in [9.17, 15) is 8.78 Å². The second-order valence-corrected chi connectivity index (χ2v) is 4.59. The Morgan fingerprint density at radius 2 is 1.53 bits per heavy atom. The van der Waals surface area contributed by atoms with Crippen LogP contribution in [-0.2, 0) is 0 Å². The largest absolute Gasteiger partial charge is 0.367 e. The molecule has 0 unspecified atom stereocenters. The van der Waals surface area contributed by atoms with Crippen LogP contribution in [0.3, 0.4) is 0 Å². The van der Waals surface area contributed by atoms with E-state index in [1.165, 1.54) is 0 Å². The molecule has 0 radical (unpaired) electrons. The van der Waals surface area contributed by atoms with Crippen LogP contribution in [-0.4, -0.2) is 13.1 Å². The van der Waals surface area contributed by atoms with Crippen LogP contribution < -0.4 is 4.90 Å². The Hall–Kier alpha value is -1.63. The summed E-state index contributed by atoms with van der Waals surface area (Å²) in [5, 5.41) is 8.70. The van der Waals surface area contributed by atoms with E-state index in [0.29, 0.717) is 13.1 Å². The van der Waals surface area contributed by atoms with Gasteiger partial charge in [0.05, 0.1) is 11.6 Å². The third kappa shape index (κ3) is 4.20.